The number of ether oxygens (including phenoxy) is 1. The molecule has 2 aliphatic rings. The van der Waals surface area contributed by atoms with Crippen LogP contribution in [0.3, 0.4) is 0 Å². The van der Waals surface area contributed by atoms with E-state index in [-0.39, 0.29) is 48.1 Å². The number of methoxy groups -OCH3 is 1. The van der Waals surface area contributed by atoms with Crippen LogP contribution in [0.5, 0.6) is 0 Å². The molecule has 0 saturated carbocycles. The van der Waals surface area contributed by atoms with Crippen LogP contribution in [-0.4, -0.2) is 87.2 Å². The Kier molecular flexibility index (Phi) is 11.7. The lowest BCUT2D eigenvalue weighted by atomic mass is 9.78. The second-order valence-corrected chi connectivity index (χ2v) is 7.25. The Morgan fingerprint density at radius 2 is 1.69 bits per heavy atom. The van der Waals surface area contributed by atoms with E-state index < -0.39 is 0 Å². The number of amides is 2. The summed E-state index contributed by atoms with van der Waals surface area (Å²) in [7, 11) is 1.67. The Labute approximate surface area is 169 Å². The number of hydrogen-bond donors (Lipinski definition) is 2. The predicted octanol–water partition coefficient (Wildman–Crippen LogP) is 0.515. The van der Waals surface area contributed by atoms with Gasteiger partial charge in [-0.05, 0) is 39.8 Å². The van der Waals surface area contributed by atoms with Crippen molar-refractivity contribution in [3.63, 3.8) is 0 Å². The fourth-order valence-electron chi connectivity index (χ4n) is 3.62. The predicted molar refractivity (Wildman–Crippen MR) is 107 cm³/mol. The lowest BCUT2D eigenvalue weighted by molar-refractivity contribution is -0.149. The van der Waals surface area contributed by atoms with Crippen LogP contribution in [-0.2, 0) is 14.3 Å². The molecule has 26 heavy (non-hydrogen) atoms. The van der Waals surface area contributed by atoms with Crippen molar-refractivity contribution >= 4 is 36.6 Å². The summed E-state index contributed by atoms with van der Waals surface area (Å²) in [6, 6.07) is 0.161. The first-order valence-corrected chi connectivity index (χ1v) is 8.97. The van der Waals surface area contributed by atoms with Gasteiger partial charge in [0.25, 0.3) is 0 Å². The maximum atomic E-state index is 13.1. The van der Waals surface area contributed by atoms with Crippen molar-refractivity contribution in [2.75, 3.05) is 59.5 Å². The standard InChI is InChI=1S/C17H32N4O3.2ClH/c1-14(2)19-15(22)12-20-8-10-21(11-9-20)16(23)17(13-24-3)4-6-18-7-5-17;;/h14,18H,4-13H2,1-3H3,(H,19,22);2*1H. The molecule has 154 valence electrons. The van der Waals surface area contributed by atoms with Crippen molar-refractivity contribution in [1.29, 1.82) is 0 Å². The zero-order valence-corrected chi connectivity index (χ0v) is 17.7. The Morgan fingerprint density at radius 1 is 1.12 bits per heavy atom. The van der Waals surface area contributed by atoms with Crippen molar-refractivity contribution < 1.29 is 14.3 Å². The van der Waals surface area contributed by atoms with Crippen LogP contribution in [0.2, 0.25) is 0 Å². The minimum absolute atomic E-state index is 0. The molecule has 0 atom stereocenters. The zero-order valence-electron chi connectivity index (χ0n) is 16.1. The van der Waals surface area contributed by atoms with Crippen molar-refractivity contribution in [2.45, 2.75) is 32.7 Å². The van der Waals surface area contributed by atoms with Crippen molar-refractivity contribution in [2.24, 2.45) is 5.41 Å². The van der Waals surface area contributed by atoms with E-state index in [2.05, 4.69) is 15.5 Å². The van der Waals surface area contributed by atoms with Crippen LogP contribution >= 0.6 is 24.8 Å². The molecule has 0 aromatic heterocycles. The highest BCUT2D eigenvalue weighted by Crippen LogP contribution is 2.32. The average Bonchev–Trinajstić information content (AvgIpc) is 2.55. The van der Waals surface area contributed by atoms with Gasteiger partial charge in [0, 0.05) is 39.3 Å². The van der Waals surface area contributed by atoms with Gasteiger partial charge in [-0.2, -0.15) is 0 Å². The van der Waals surface area contributed by atoms with E-state index in [4.69, 9.17) is 4.74 Å². The molecule has 0 unspecified atom stereocenters. The molecular formula is C17H34Cl2N4O3. The van der Waals surface area contributed by atoms with Gasteiger partial charge in [0.15, 0.2) is 0 Å². The third-order valence-corrected chi connectivity index (χ3v) is 4.91. The largest absolute Gasteiger partial charge is 0.384 e. The lowest BCUT2D eigenvalue weighted by Crippen LogP contribution is -2.57. The van der Waals surface area contributed by atoms with Crippen molar-refractivity contribution in [3.05, 3.63) is 0 Å². The quantitative estimate of drug-likeness (QED) is 0.664. The summed E-state index contributed by atoms with van der Waals surface area (Å²) in [4.78, 5) is 29.0. The van der Waals surface area contributed by atoms with Crippen LogP contribution in [0, 0.1) is 5.41 Å². The minimum atomic E-state index is -0.378. The highest BCUT2D eigenvalue weighted by atomic mass is 35.5. The topological polar surface area (TPSA) is 73.9 Å². The van der Waals surface area contributed by atoms with Crippen LogP contribution in [0.15, 0.2) is 0 Å². The zero-order chi connectivity index (χ0) is 17.6. The molecule has 2 rings (SSSR count). The second kappa shape index (κ2) is 12.0. The van der Waals surface area contributed by atoms with Gasteiger partial charge in [-0.25, -0.2) is 0 Å². The van der Waals surface area contributed by atoms with E-state index in [0.29, 0.717) is 26.2 Å². The molecule has 0 bridgehead atoms. The average molecular weight is 413 g/mol. The highest BCUT2D eigenvalue weighted by Gasteiger charge is 2.42. The maximum Gasteiger partial charge on any atom is 0.234 e. The molecule has 2 N–H and O–H groups in total. The van der Waals surface area contributed by atoms with Gasteiger partial charge >= 0.3 is 0 Å². The third-order valence-electron chi connectivity index (χ3n) is 4.91. The number of halogens is 2. The van der Waals surface area contributed by atoms with Gasteiger partial charge in [-0.15, -0.1) is 24.8 Å². The normalized spacial score (nSPS) is 20.1. The summed E-state index contributed by atoms with van der Waals surface area (Å²) in [6.07, 6.45) is 1.66. The van der Waals surface area contributed by atoms with E-state index in [9.17, 15) is 9.59 Å². The molecular weight excluding hydrogens is 379 g/mol. The van der Waals surface area contributed by atoms with Crippen molar-refractivity contribution in [1.82, 2.24) is 20.4 Å². The van der Waals surface area contributed by atoms with Crippen molar-refractivity contribution in [3.8, 4) is 0 Å². The number of hydrogen-bond acceptors (Lipinski definition) is 5. The lowest BCUT2D eigenvalue weighted by Gasteiger charge is -2.42. The van der Waals surface area contributed by atoms with Gasteiger partial charge in [-0.1, -0.05) is 0 Å². The van der Waals surface area contributed by atoms with E-state index in [1.54, 1.807) is 7.11 Å². The molecule has 0 radical (unpaired) electrons. The molecule has 0 aliphatic carbocycles. The fourth-order valence-corrected chi connectivity index (χ4v) is 3.62. The molecule has 2 amide bonds. The number of nitrogens with one attached hydrogen (secondary N) is 2. The molecule has 2 aliphatic heterocycles. The number of rotatable bonds is 6. The van der Waals surface area contributed by atoms with Crippen LogP contribution in [0.4, 0.5) is 0 Å². The smallest absolute Gasteiger partial charge is 0.234 e. The van der Waals surface area contributed by atoms with E-state index in [1.807, 2.05) is 18.7 Å². The molecule has 2 fully saturated rings. The second-order valence-electron chi connectivity index (χ2n) is 7.25. The van der Waals surface area contributed by atoms with E-state index >= 15 is 0 Å². The molecule has 7 nitrogen and oxygen atoms in total. The number of piperazine rings is 1. The molecule has 0 aromatic rings. The van der Waals surface area contributed by atoms with E-state index in [0.717, 1.165) is 39.0 Å². The summed E-state index contributed by atoms with van der Waals surface area (Å²) in [5, 5.41) is 6.23. The number of carbonyl (C=O) groups is 2. The summed E-state index contributed by atoms with van der Waals surface area (Å²) in [5.74, 6) is 0.274. The Bertz CT molecular complexity index is 432. The minimum Gasteiger partial charge on any atom is -0.384 e. The molecule has 0 spiro atoms. The van der Waals surface area contributed by atoms with Gasteiger partial charge < -0.3 is 20.3 Å². The number of carbonyl (C=O) groups excluding carboxylic acids is 2. The summed E-state index contributed by atoms with van der Waals surface area (Å²) >= 11 is 0. The maximum absolute atomic E-state index is 13.1. The Morgan fingerprint density at radius 3 is 2.19 bits per heavy atom. The molecule has 9 heteroatoms. The van der Waals surface area contributed by atoms with Gasteiger partial charge in [0.1, 0.15) is 0 Å². The Hall–Kier alpha value is -0.600. The summed E-state index contributed by atoms with van der Waals surface area (Å²) in [5.41, 5.74) is -0.378. The van der Waals surface area contributed by atoms with Gasteiger partial charge in [0.05, 0.1) is 18.6 Å². The molecule has 0 aromatic carbocycles. The molecule has 2 saturated heterocycles. The van der Waals surface area contributed by atoms with E-state index in [1.165, 1.54) is 0 Å². The van der Waals surface area contributed by atoms with Crippen LogP contribution < -0.4 is 10.6 Å². The number of nitrogens with zero attached hydrogens (tertiary/aromatic N) is 2. The summed E-state index contributed by atoms with van der Waals surface area (Å²) in [6.45, 7) is 9.43. The number of piperidine rings is 1. The summed E-state index contributed by atoms with van der Waals surface area (Å²) < 4.78 is 5.37. The Balaban J connectivity index is 0.00000312. The van der Waals surface area contributed by atoms with Gasteiger partial charge in [0.2, 0.25) is 11.8 Å². The first-order valence-electron chi connectivity index (χ1n) is 8.97. The monoisotopic (exact) mass is 412 g/mol. The van der Waals surface area contributed by atoms with Crippen LogP contribution in [0.1, 0.15) is 26.7 Å². The fraction of sp³-hybridized carbons (Fsp3) is 0.882. The third kappa shape index (κ3) is 6.85. The first-order chi connectivity index (χ1) is 11.5. The van der Waals surface area contributed by atoms with Gasteiger partial charge in [-0.3, -0.25) is 14.5 Å². The van der Waals surface area contributed by atoms with Crippen LogP contribution in [0.25, 0.3) is 0 Å². The first kappa shape index (κ1) is 25.4. The highest BCUT2D eigenvalue weighted by molar-refractivity contribution is 5.85. The SMILES string of the molecule is COCC1(C(=O)N2CCN(CC(=O)NC(C)C)CC2)CCNCC1.Cl.Cl. The molecule has 2 heterocycles.